The molecule has 0 bridgehead atoms. The predicted octanol–water partition coefficient (Wildman–Crippen LogP) is 2.07. The van der Waals surface area contributed by atoms with Gasteiger partial charge in [-0.2, -0.15) is 0 Å². The number of carbonyl (C=O) groups excluding carboxylic acids is 2. The molecule has 1 aromatic rings. The van der Waals surface area contributed by atoms with E-state index in [2.05, 4.69) is 0 Å². The second-order valence-corrected chi connectivity index (χ2v) is 6.40. The Bertz CT molecular complexity index is 676. The zero-order valence-electron chi connectivity index (χ0n) is 15.9. The van der Waals surface area contributed by atoms with Crippen molar-refractivity contribution in [3.05, 3.63) is 47.8 Å². The maximum absolute atomic E-state index is 13.5. The molecule has 154 valence electrons. The normalized spacial score (nSPS) is 26.1. The van der Waals surface area contributed by atoms with Gasteiger partial charge in [-0.15, -0.1) is 0 Å². The van der Waals surface area contributed by atoms with Gasteiger partial charge in [-0.25, -0.2) is 4.39 Å². The van der Waals surface area contributed by atoms with Gasteiger partial charge in [0.1, 0.15) is 18.8 Å². The zero-order chi connectivity index (χ0) is 20.5. The third kappa shape index (κ3) is 6.40. The second-order valence-electron chi connectivity index (χ2n) is 6.40. The Labute approximate surface area is 163 Å². The average Bonchev–Trinajstić information content (AvgIpc) is 2.66. The maximum atomic E-state index is 13.5. The van der Waals surface area contributed by atoms with Crippen LogP contribution < -0.4 is 0 Å². The number of hydrogen-bond acceptors (Lipinski definition) is 7. The monoisotopic (exact) mass is 396 g/mol. The summed E-state index contributed by atoms with van der Waals surface area (Å²) in [6, 6.07) is 9.79. The highest BCUT2D eigenvalue weighted by Crippen LogP contribution is 2.29. The molecule has 2 unspecified atom stereocenters. The van der Waals surface area contributed by atoms with E-state index in [1.54, 1.807) is 0 Å². The molecular weight excluding hydrogens is 371 g/mol. The number of rotatable bonds is 8. The summed E-state index contributed by atoms with van der Waals surface area (Å²) in [5.74, 6) is -1.26. The summed E-state index contributed by atoms with van der Waals surface area (Å²) in [5.41, 5.74) is 0.999. The van der Waals surface area contributed by atoms with Gasteiger partial charge < -0.3 is 24.1 Å². The quantitative estimate of drug-likeness (QED) is 0.531. The Morgan fingerprint density at radius 2 is 1.93 bits per heavy atom. The SMILES string of the molecule is CC(=O)OCC1O[C@H](OCCCc2ccccc2)/C(=C\F)C(OC(C)=O)[C@@H]1O. The van der Waals surface area contributed by atoms with Crippen LogP contribution in [0.5, 0.6) is 0 Å². The van der Waals surface area contributed by atoms with E-state index in [9.17, 15) is 19.1 Å². The van der Waals surface area contributed by atoms with Crippen LogP contribution in [0.25, 0.3) is 0 Å². The van der Waals surface area contributed by atoms with Crippen LogP contribution in [0, 0.1) is 0 Å². The molecule has 1 heterocycles. The summed E-state index contributed by atoms with van der Waals surface area (Å²) >= 11 is 0. The zero-order valence-corrected chi connectivity index (χ0v) is 15.9. The van der Waals surface area contributed by atoms with Crippen LogP contribution in [0.2, 0.25) is 0 Å². The highest BCUT2D eigenvalue weighted by atomic mass is 19.1. The minimum atomic E-state index is -1.41. The van der Waals surface area contributed by atoms with Crippen molar-refractivity contribution in [1.29, 1.82) is 0 Å². The predicted molar refractivity (Wildman–Crippen MR) is 96.8 cm³/mol. The summed E-state index contributed by atoms with van der Waals surface area (Å²) in [6.45, 7) is 2.33. The van der Waals surface area contributed by atoms with Crippen molar-refractivity contribution in [2.75, 3.05) is 13.2 Å². The minimum Gasteiger partial charge on any atom is -0.463 e. The summed E-state index contributed by atoms with van der Waals surface area (Å²) in [7, 11) is 0. The van der Waals surface area contributed by atoms with E-state index < -0.39 is 36.5 Å². The fraction of sp³-hybridized carbons (Fsp3) is 0.500. The van der Waals surface area contributed by atoms with Crippen LogP contribution in [0.4, 0.5) is 4.39 Å². The molecule has 0 aromatic heterocycles. The average molecular weight is 396 g/mol. The van der Waals surface area contributed by atoms with Crippen molar-refractivity contribution in [2.45, 2.75) is 51.3 Å². The van der Waals surface area contributed by atoms with Gasteiger partial charge >= 0.3 is 11.9 Å². The fourth-order valence-electron chi connectivity index (χ4n) is 2.86. The Hall–Kier alpha value is -2.29. The van der Waals surface area contributed by atoms with Gasteiger partial charge in [0.2, 0.25) is 0 Å². The van der Waals surface area contributed by atoms with E-state index in [4.69, 9.17) is 18.9 Å². The van der Waals surface area contributed by atoms with Gasteiger partial charge in [-0.3, -0.25) is 9.59 Å². The van der Waals surface area contributed by atoms with Crippen LogP contribution in [0.1, 0.15) is 25.8 Å². The Kier molecular flexibility index (Phi) is 8.56. The fourth-order valence-corrected chi connectivity index (χ4v) is 2.86. The first-order valence-electron chi connectivity index (χ1n) is 9.02. The van der Waals surface area contributed by atoms with Crippen molar-refractivity contribution in [3.8, 4) is 0 Å². The number of benzene rings is 1. The first kappa shape index (κ1) is 22.0. The van der Waals surface area contributed by atoms with Gasteiger partial charge in [0.15, 0.2) is 12.4 Å². The first-order chi connectivity index (χ1) is 13.4. The molecule has 1 aromatic carbocycles. The van der Waals surface area contributed by atoms with E-state index in [0.717, 1.165) is 18.9 Å². The lowest BCUT2D eigenvalue weighted by atomic mass is 9.97. The van der Waals surface area contributed by atoms with Crippen molar-refractivity contribution in [1.82, 2.24) is 0 Å². The molecule has 0 radical (unpaired) electrons. The van der Waals surface area contributed by atoms with E-state index in [1.807, 2.05) is 30.3 Å². The van der Waals surface area contributed by atoms with Crippen LogP contribution in [0.3, 0.4) is 0 Å². The van der Waals surface area contributed by atoms with Gasteiger partial charge in [0.25, 0.3) is 0 Å². The van der Waals surface area contributed by atoms with Gasteiger partial charge in [-0.05, 0) is 18.4 Å². The number of hydrogen-bond donors (Lipinski definition) is 1. The molecule has 1 saturated heterocycles. The summed E-state index contributed by atoms with van der Waals surface area (Å²) in [6.07, 6.45) is -3.29. The van der Waals surface area contributed by atoms with Crippen LogP contribution >= 0.6 is 0 Å². The molecule has 8 heteroatoms. The summed E-state index contributed by atoms with van der Waals surface area (Å²) in [5, 5.41) is 10.4. The molecule has 0 aliphatic carbocycles. The third-order valence-corrected chi connectivity index (χ3v) is 4.18. The minimum absolute atomic E-state index is 0.138. The Balaban J connectivity index is 2.01. The number of ether oxygens (including phenoxy) is 4. The molecule has 0 spiro atoms. The second kappa shape index (κ2) is 10.9. The lowest BCUT2D eigenvalue weighted by Crippen LogP contribution is -2.54. The van der Waals surface area contributed by atoms with Gasteiger partial charge in [0, 0.05) is 13.8 Å². The van der Waals surface area contributed by atoms with E-state index in [0.29, 0.717) is 6.42 Å². The topological polar surface area (TPSA) is 91.3 Å². The highest BCUT2D eigenvalue weighted by molar-refractivity contribution is 5.67. The Morgan fingerprint density at radius 3 is 2.54 bits per heavy atom. The standard InChI is InChI=1S/C20H25FO7/c1-13(22)26-12-17-18(24)19(27-14(2)23)16(11-21)20(28-17)25-10-6-9-15-7-4-3-5-8-15/h3-5,7-8,11,17-20,24H,6,9-10,12H2,1-2H3/b16-11-/t17?,18-,19?,20+/m1/s1. The first-order valence-corrected chi connectivity index (χ1v) is 9.02. The molecule has 0 amide bonds. The molecule has 1 fully saturated rings. The van der Waals surface area contributed by atoms with Gasteiger partial charge in [0.05, 0.1) is 18.5 Å². The smallest absolute Gasteiger partial charge is 0.303 e. The molecule has 1 aliphatic heterocycles. The molecule has 7 nitrogen and oxygen atoms in total. The molecule has 4 atom stereocenters. The molecule has 1 N–H and O–H groups in total. The maximum Gasteiger partial charge on any atom is 0.303 e. The lowest BCUT2D eigenvalue weighted by molar-refractivity contribution is -0.234. The number of aliphatic hydroxyl groups excluding tert-OH is 1. The van der Waals surface area contributed by atoms with Crippen molar-refractivity contribution in [3.63, 3.8) is 0 Å². The number of carbonyl (C=O) groups is 2. The molecule has 28 heavy (non-hydrogen) atoms. The number of esters is 2. The van der Waals surface area contributed by atoms with E-state index in [-0.39, 0.29) is 25.1 Å². The number of aliphatic hydroxyl groups is 1. The van der Waals surface area contributed by atoms with Crippen LogP contribution in [-0.2, 0) is 35.0 Å². The highest BCUT2D eigenvalue weighted by Gasteiger charge is 2.44. The summed E-state index contributed by atoms with van der Waals surface area (Å²) < 4.78 is 34.6. The van der Waals surface area contributed by atoms with E-state index in [1.165, 1.54) is 6.92 Å². The molecule has 1 aliphatic rings. The summed E-state index contributed by atoms with van der Waals surface area (Å²) in [4.78, 5) is 22.4. The molecule has 2 rings (SSSR count). The number of aryl methyl sites for hydroxylation is 1. The van der Waals surface area contributed by atoms with Crippen LogP contribution in [0.15, 0.2) is 42.2 Å². The molecule has 0 saturated carbocycles. The van der Waals surface area contributed by atoms with Crippen molar-refractivity contribution < 1.29 is 38.0 Å². The largest absolute Gasteiger partial charge is 0.463 e. The van der Waals surface area contributed by atoms with Crippen molar-refractivity contribution >= 4 is 11.9 Å². The Morgan fingerprint density at radius 1 is 1.21 bits per heavy atom. The van der Waals surface area contributed by atoms with Crippen molar-refractivity contribution in [2.24, 2.45) is 0 Å². The van der Waals surface area contributed by atoms with Gasteiger partial charge in [-0.1, -0.05) is 30.3 Å². The van der Waals surface area contributed by atoms with E-state index >= 15 is 0 Å². The number of halogens is 1. The lowest BCUT2D eigenvalue weighted by Gasteiger charge is -2.39. The molecular formula is C20H25FO7. The third-order valence-electron chi connectivity index (χ3n) is 4.18. The van der Waals surface area contributed by atoms with Crippen LogP contribution in [-0.4, -0.2) is 54.9 Å².